The molecule has 0 saturated carbocycles. The number of phosphoric acid groups is 1. The van der Waals surface area contributed by atoms with Gasteiger partial charge in [0.05, 0.1) is 12.8 Å². The normalized spacial score (nSPS) is 6.05. The number of hydrogen-bond acceptors (Lipinski definition) is 3. The minimum absolute atomic E-state index is 0. The van der Waals surface area contributed by atoms with Crippen molar-refractivity contribution in [2.24, 2.45) is 0 Å². The molecule has 0 heterocycles. The van der Waals surface area contributed by atoms with Gasteiger partial charge in [-0.2, -0.15) is 0 Å². The average Bonchev–Trinajstić information content (AvgIpc) is 1.79. The van der Waals surface area contributed by atoms with E-state index in [-0.39, 0.29) is 338 Å². The van der Waals surface area contributed by atoms with Crippen LogP contribution in [0.1, 0.15) is 35.7 Å². The summed E-state index contributed by atoms with van der Waals surface area (Å²) in [6.07, 6.45) is -0.593. The molecule has 17 heteroatoms. The van der Waals surface area contributed by atoms with Crippen LogP contribution in [0.2, 0.25) is 0 Å². The Hall–Kier alpha value is 9.13. The summed E-state index contributed by atoms with van der Waals surface area (Å²) in [4.78, 5) is 40.8. The van der Waals surface area contributed by atoms with Crippen LogP contribution in [0.15, 0.2) is 0 Å². The first-order valence-electron chi connectivity index (χ1n) is 2.85. The van der Waals surface area contributed by atoms with Crippen molar-refractivity contribution in [1.29, 1.82) is 0 Å². The predicted molar refractivity (Wildman–Crippen MR) is 103 cm³/mol. The molecule has 0 aromatic rings. The fraction of sp³-hybridized carbons (Fsp3) is 0.500. The molecule has 0 radical (unpaired) electrons. The largest absolute Gasteiger partial charge is 2.00 e. The number of carboxylic acid groups (broad SMARTS) is 2. The van der Waals surface area contributed by atoms with Gasteiger partial charge in [-0.05, 0) is 0 Å². The third-order valence-corrected chi connectivity index (χ3v) is 0.553. The van der Waals surface area contributed by atoms with Crippen molar-refractivity contribution in [3.63, 3.8) is 0 Å². The first-order chi connectivity index (χ1) is 5.63. The zero-order valence-corrected chi connectivity index (χ0v) is 30.5. The summed E-state index contributed by atoms with van der Waals surface area (Å²) in [7, 11) is -4.64. The van der Waals surface area contributed by atoms with Gasteiger partial charge in [-0.25, -0.2) is 4.57 Å². The van der Waals surface area contributed by atoms with Crippen LogP contribution < -0.4 is 0 Å². The van der Waals surface area contributed by atoms with Gasteiger partial charge in [0.15, 0.2) is 0 Å². The van der Waals surface area contributed by atoms with Gasteiger partial charge in [0.2, 0.25) is 0 Å². The van der Waals surface area contributed by atoms with Crippen LogP contribution in [0.4, 0.5) is 0 Å². The summed E-state index contributed by atoms with van der Waals surface area (Å²) in [6.45, 7) is 0. The molecule has 0 unspecified atom stereocenters. The SMILES string of the molecule is O=C(O)CCC(=O)O.O=P(O)(O)O.[Ca+2].[Ca+2].[Ca+2].[Ca+2].[Ca+2].[Ca+2].[Ca+2].[Ca+2].[H-].[H-].[H-].[H-].[H-].[H-].[H-].[H-].[H-].[H-].[H-].[H-].[H-].[H-].[H-].[H-]. The fourth-order valence-corrected chi connectivity index (χ4v) is 0.214. The van der Waals surface area contributed by atoms with E-state index in [2.05, 4.69) is 0 Å². The van der Waals surface area contributed by atoms with Crippen molar-refractivity contribution in [2.45, 2.75) is 12.8 Å². The maximum Gasteiger partial charge on any atom is 2.00 e. The second-order valence-electron chi connectivity index (χ2n) is 1.80. The quantitative estimate of drug-likeness (QED) is 0.195. The average molecular weight is 553 g/mol. The molecule has 0 saturated heterocycles. The maximum absolute atomic E-state index is 9.64. The van der Waals surface area contributed by atoms with E-state index in [1.807, 2.05) is 0 Å². The summed E-state index contributed by atoms with van der Waals surface area (Å²) >= 11 is 0. The van der Waals surface area contributed by atoms with E-state index in [9.17, 15) is 9.59 Å². The van der Waals surface area contributed by atoms with Crippen LogP contribution in [0.5, 0.6) is 0 Å². The summed E-state index contributed by atoms with van der Waals surface area (Å²) in [5.74, 6) is -2.15. The van der Waals surface area contributed by atoms with Crippen LogP contribution >= 0.6 is 7.82 Å². The van der Waals surface area contributed by atoms with Crippen LogP contribution in [-0.2, 0) is 14.2 Å². The minimum Gasteiger partial charge on any atom is -1.00 e. The van der Waals surface area contributed by atoms with Crippen molar-refractivity contribution in [3.8, 4) is 0 Å². The summed E-state index contributed by atoms with van der Waals surface area (Å²) in [6, 6.07) is 0. The zero-order chi connectivity index (χ0) is 11.1. The van der Waals surface area contributed by atoms with Crippen molar-refractivity contribution >= 4 is 322 Å². The number of aliphatic carboxylic acids is 2. The number of carboxylic acids is 2. The van der Waals surface area contributed by atoms with Gasteiger partial charge >= 0.3 is 322 Å². The Balaban J connectivity index is -0.00000000168. The first-order valence-corrected chi connectivity index (χ1v) is 4.41. The second kappa shape index (κ2) is 43.1. The summed E-state index contributed by atoms with van der Waals surface area (Å²) in [5.41, 5.74) is 0. The van der Waals surface area contributed by atoms with Gasteiger partial charge in [-0.3, -0.25) is 9.59 Å². The number of rotatable bonds is 3. The van der Waals surface area contributed by atoms with E-state index in [1.165, 1.54) is 0 Å². The molecule has 0 fully saturated rings. The third kappa shape index (κ3) is 107. The zero-order valence-electron chi connectivity index (χ0n) is 28.0. The fourth-order valence-electron chi connectivity index (χ4n) is 0.214. The standard InChI is InChI=1S/C4H6O4.8Ca.H3O4P.16H/c5-3(6)1-2-4(7)8;;;;;;;;;1-5(2,3)4;;;;;;;;;;;;;;;;/h1-2H2,(H,5,6)(H,7,8);;;;;;;;;(H3,1,2,3,4);;;;;;;;;;;;;;;;/q;8*+2;;16*-1. The van der Waals surface area contributed by atoms with Crippen molar-refractivity contribution < 1.29 is 61.9 Å². The third-order valence-electron chi connectivity index (χ3n) is 0.553. The Morgan fingerprint density at radius 2 is 0.762 bits per heavy atom. The van der Waals surface area contributed by atoms with Crippen LogP contribution in [0.3, 0.4) is 0 Å². The van der Waals surface area contributed by atoms with Gasteiger partial charge in [-0.1, -0.05) is 0 Å². The predicted octanol–water partition coefficient (Wildman–Crippen LogP) is -2.24. The van der Waals surface area contributed by atoms with Gasteiger partial charge in [0.1, 0.15) is 0 Å². The Morgan fingerprint density at radius 3 is 0.810 bits per heavy atom. The van der Waals surface area contributed by atoms with Gasteiger partial charge in [0, 0.05) is 0 Å². The van der Waals surface area contributed by atoms with Gasteiger partial charge in [0.25, 0.3) is 0 Å². The van der Waals surface area contributed by atoms with Gasteiger partial charge in [-0.15, -0.1) is 0 Å². The molecule has 0 aliphatic carbocycles. The first kappa shape index (κ1) is 63.1. The van der Waals surface area contributed by atoms with Crippen molar-refractivity contribution in [3.05, 3.63) is 0 Å². The van der Waals surface area contributed by atoms with E-state index in [0.717, 1.165) is 0 Å². The Kier molecular flexibility index (Phi) is 129. The summed E-state index contributed by atoms with van der Waals surface area (Å²) < 4.78 is 8.88. The molecule has 0 aliphatic rings. The Labute approximate surface area is 385 Å². The van der Waals surface area contributed by atoms with Gasteiger partial charge < -0.3 is 47.7 Å². The van der Waals surface area contributed by atoms with E-state index in [1.54, 1.807) is 0 Å². The number of hydrogen-bond donors (Lipinski definition) is 5. The molecule has 0 aromatic heterocycles. The van der Waals surface area contributed by atoms with E-state index in [4.69, 9.17) is 29.5 Å². The van der Waals surface area contributed by atoms with Crippen molar-refractivity contribution in [2.75, 3.05) is 0 Å². The topological polar surface area (TPSA) is 152 Å². The monoisotopic (exact) mass is 552 g/mol. The molecular weight excluding hydrogens is 528 g/mol. The van der Waals surface area contributed by atoms with Crippen LogP contribution in [0.25, 0.3) is 0 Å². The van der Waals surface area contributed by atoms with Crippen molar-refractivity contribution in [1.82, 2.24) is 0 Å². The molecular formula is C4H25Ca8O8P. The summed E-state index contributed by atoms with van der Waals surface area (Å²) in [5, 5.41) is 15.8. The molecule has 0 aliphatic heterocycles. The number of carbonyl (C=O) groups is 2. The molecule has 8 nitrogen and oxygen atoms in total. The van der Waals surface area contributed by atoms with Crippen LogP contribution in [-0.4, -0.2) is 339 Å². The smallest absolute Gasteiger partial charge is 1.00 e. The van der Waals surface area contributed by atoms with E-state index < -0.39 is 19.8 Å². The molecule has 5 N–H and O–H groups in total. The van der Waals surface area contributed by atoms with Crippen LogP contribution in [0, 0.1) is 0 Å². The molecule has 0 rings (SSSR count). The molecule has 21 heavy (non-hydrogen) atoms. The molecule has 0 spiro atoms. The van der Waals surface area contributed by atoms with E-state index >= 15 is 0 Å². The Morgan fingerprint density at radius 1 is 0.667 bits per heavy atom. The molecule has 0 aromatic carbocycles. The van der Waals surface area contributed by atoms with E-state index in [0.29, 0.717) is 0 Å². The molecule has 0 bridgehead atoms. The minimum atomic E-state index is -4.64. The molecule has 0 amide bonds. The molecule has 0 atom stereocenters. The second-order valence-corrected chi connectivity index (χ2v) is 2.83. The molecule has 110 valence electrons. The maximum atomic E-state index is 9.64. The Bertz CT molecular complexity index is 251.